The molecule has 0 saturated heterocycles. The number of aliphatic hydroxyl groups excluding tert-OH is 1. The van der Waals surface area contributed by atoms with E-state index in [1.54, 1.807) is 12.1 Å². The molecule has 3 aliphatic carbocycles. The number of aryl methyl sites for hydroxylation is 1. The van der Waals surface area contributed by atoms with Crippen LogP contribution in [0, 0.1) is 17.3 Å². The van der Waals surface area contributed by atoms with Crippen molar-refractivity contribution in [2.75, 3.05) is 7.11 Å². The summed E-state index contributed by atoms with van der Waals surface area (Å²) < 4.78 is 48.9. The maximum Gasteiger partial charge on any atom is 0.119 e. The third-order valence-corrected chi connectivity index (χ3v) is 5.98. The third kappa shape index (κ3) is 1.88. The van der Waals surface area contributed by atoms with Crippen molar-refractivity contribution in [3.8, 4) is 5.75 Å². The second-order valence-electron chi connectivity index (χ2n) is 6.92. The van der Waals surface area contributed by atoms with Crippen molar-refractivity contribution in [1.82, 2.24) is 0 Å². The molecule has 2 fully saturated rings. The summed E-state index contributed by atoms with van der Waals surface area (Å²) in [6.07, 6.45) is -3.59. The second-order valence-corrected chi connectivity index (χ2v) is 6.92. The van der Waals surface area contributed by atoms with E-state index in [1.165, 1.54) is 7.11 Å². The van der Waals surface area contributed by atoms with Gasteiger partial charge in [0.2, 0.25) is 0 Å². The molecule has 0 radical (unpaired) electrons. The maximum atomic E-state index is 10.5. The van der Waals surface area contributed by atoms with Gasteiger partial charge in [-0.15, -0.1) is 0 Å². The lowest BCUT2D eigenvalue weighted by Gasteiger charge is -2.50. The Bertz CT molecular complexity index is 737. The fourth-order valence-electron chi connectivity index (χ4n) is 4.63. The summed E-state index contributed by atoms with van der Waals surface area (Å²) in [5, 5.41) is 10.5. The van der Waals surface area contributed by atoms with Gasteiger partial charge in [0.15, 0.2) is 0 Å². The van der Waals surface area contributed by atoms with Gasteiger partial charge in [0, 0.05) is 6.85 Å². The van der Waals surface area contributed by atoms with Crippen LogP contribution in [-0.4, -0.2) is 18.3 Å². The van der Waals surface area contributed by atoms with Gasteiger partial charge in [-0.3, -0.25) is 0 Å². The Balaban J connectivity index is 1.94. The van der Waals surface area contributed by atoms with E-state index >= 15 is 0 Å². The Morgan fingerprint density at radius 3 is 3.05 bits per heavy atom. The van der Waals surface area contributed by atoms with Crippen LogP contribution < -0.4 is 4.74 Å². The molecule has 114 valence electrons. The molecule has 1 unspecified atom stereocenters. The summed E-state index contributed by atoms with van der Waals surface area (Å²) in [5.41, 5.74) is 0.530. The quantitative estimate of drug-likeness (QED) is 0.850. The number of ether oxygens (including phenoxy) is 1. The number of aliphatic hydroxyl groups is 1. The molecule has 0 amide bonds. The fraction of sp³-hybridized carbons (Fsp3) is 0.684. The molecule has 4 rings (SSSR count). The van der Waals surface area contributed by atoms with Crippen LogP contribution in [0.1, 0.15) is 62.9 Å². The monoisotopic (exact) mass is 291 g/mol. The predicted molar refractivity (Wildman–Crippen MR) is 83.6 cm³/mol. The second kappa shape index (κ2) is 4.74. The third-order valence-electron chi connectivity index (χ3n) is 5.98. The molecule has 1 aromatic rings. The molecule has 21 heavy (non-hydrogen) atoms. The first-order valence-corrected chi connectivity index (χ1v) is 7.84. The lowest BCUT2D eigenvalue weighted by Crippen LogP contribution is -2.43. The molecule has 2 heteroatoms. The Kier molecular flexibility index (Phi) is 2.08. The van der Waals surface area contributed by atoms with Gasteiger partial charge >= 0.3 is 0 Å². The van der Waals surface area contributed by atoms with Crippen molar-refractivity contribution in [1.29, 1.82) is 0 Å². The van der Waals surface area contributed by atoms with Crippen molar-refractivity contribution < 1.29 is 16.7 Å². The zero-order chi connectivity index (χ0) is 19.1. The number of benzene rings is 1. The van der Waals surface area contributed by atoms with E-state index < -0.39 is 36.6 Å². The van der Waals surface area contributed by atoms with Gasteiger partial charge in [0.05, 0.1) is 13.2 Å². The Morgan fingerprint density at radius 2 is 2.24 bits per heavy atom. The number of hydrogen-bond donors (Lipinski definition) is 1. The van der Waals surface area contributed by atoms with Crippen LogP contribution in [0.15, 0.2) is 18.2 Å². The average Bonchev–Trinajstić information content (AvgIpc) is 2.86. The highest BCUT2D eigenvalue weighted by Gasteiger charge is 2.54. The maximum absolute atomic E-state index is 10.5. The van der Waals surface area contributed by atoms with Gasteiger partial charge < -0.3 is 9.84 Å². The van der Waals surface area contributed by atoms with E-state index in [0.29, 0.717) is 30.6 Å². The van der Waals surface area contributed by atoms with Gasteiger partial charge in [0.25, 0.3) is 0 Å². The Hall–Kier alpha value is -1.02. The summed E-state index contributed by atoms with van der Waals surface area (Å²) in [4.78, 5) is 0. The molecule has 0 aromatic heterocycles. The minimum absolute atomic E-state index is 0.121. The Morgan fingerprint density at radius 1 is 1.38 bits per heavy atom. The summed E-state index contributed by atoms with van der Waals surface area (Å²) in [5.74, 6) is -0.598. The number of rotatable bonds is 1. The Labute approximate surface area is 134 Å². The highest BCUT2D eigenvalue weighted by molar-refractivity contribution is 5.40. The minimum Gasteiger partial charge on any atom is -0.497 e. The van der Waals surface area contributed by atoms with E-state index in [9.17, 15) is 5.11 Å². The normalized spacial score (nSPS) is 52.9. The van der Waals surface area contributed by atoms with E-state index in [4.69, 9.17) is 11.6 Å². The summed E-state index contributed by atoms with van der Waals surface area (Å²) in [7, 11) is 1.51. The van der Waals surface area contributed by atoms with Gasteiger partial charge in [0.1, 0.15) is 5.75 Å². The van der Waals surface area contributed by atoms with E-state index in [1.807, 2.05) is 13.0 Å². The van der Waals surface area contributed by atoms with Gasteiger partial charge in [-0.1, -0.05) is 13.0 Å². The number of methoxy groups -OCH3 is 1. The van der Waals surface area contributed by atoms with Crippen molar-refractivity contribution in [3.63, 3.8) is 0 Å². The predicted octanol–water partition coefficient (Wildman–Crippen LogP) is 3.91. The lowest BCUT2D eigenvalue weighted by atomic mass is 9.55. The summed E-state index contributed by atoms with van der Waals surface area (Å²) in [6.45, 7) is 1.96. The fourth-order valence-corrected chi connectivity index (χ4v) is 4.63. The van der Waals surface area contributed by atoms with Crippen LogP contribution in [0.3, 0.4) is 0 Å². The van der Waals surface area contributed by atoms with Crippen molar-refractivity contribution in [2.45, 2.75) is 57.4 Å². The molecule has 6 atom stereocenters. The first kappa shape index (κ1) is 9.19. The van der Waals surface area contributed by atoms with E-state index in [0.717, 1.165) is 5.56 Å². The molecule has 2 saturated carbocycles. The van der Waals surface area contributed by atoms with Crippen molar-refractivity contribution in [3.05, 3.63) is 29.3 Å². The molecule has 1 aromatic carbocycles. The molecular formula is C19H26O2. The minimum atomic E-state index is -2.18. The summed E-state index contributed by atoms with van der Waals surface area (Å²) in [6, 6.07) is 5.18. The molecule has 0 aliphatic heterocycles. The van der Waals surface area contributed by atoms with Crippen LogP contribution >= 0.6 is 0 Å². The highest BCUT2D eigenvalue weighted by atomic mass is 16.5. The van der Waals surface area contributed by atoms with Gasteiger partial charge in [-0.25, -0.2) is 0 Å². The van der Waals surface area contributed by atoms with Crippen LogP contribution in [0.4, 0.5) is 0 Å². The number of hydrogen-bond acceptors (Lipinski definition) is 2. The zero-order valence-corrected chi connectivity index (χ0v) is 12.6. The first-order valence-electron chi connectivity index (χ1n) is 10.4. The molecule has 2 nitrogen and oxygen atoms in total. The summed E-state index contributed by atoms with van der Waals surface area (Å²) >= 11 is 0. The van der Waals surface area contributed by atoms with Crippen LogP contribution in [0.5, 0.6) is 5.75 Å². The molecule has 0 heterocycles. The smallest absolute Gasteiger partial charge is 0.119 e. The standard InChI is InChI=1S/C19H26O2/c1-19-10-9-15-14-6-4-13(21-2)11-12(14)3-5-16(15)17(19)7-8-18(19)20/h4,6,11,15-18,20H,3,5,7-10H2,1-2H3/t15-,16-,17+,18+,19+/m1/s1/i3D2,5D2,9D/t9?,15-,16-,17+,18+,19+. The lowest BCUT2D eigenvalue weighted by molar-refractivity contribution is -0.0226. The van der Waals surface area contributed by atoms with Gasteiger partial charge in [-0.05, 0) is 84.8 Å². The van der Waals surface area contributed by atoms with Gasteiger partial charge in [-0.2, -0.15) is 0 Å². The highest BCUT2D eigenvalue weighted by Crippen LogP contribution is 2.60. The molecular weight excluding hydrogens is 260 g/mol. The van der Waals surface area contributed by atoms with Crippen molar-refractivity contribution >= 4 is 0 Å². The first-order chi connectivity index (χ1) is 12.1. The van der Waals surface area contributed by atoms with Crippen molar-refractivity contribution in [2.24, 2.45) is 17.3 Å². The average molecular weight is 291 g/mol. The molecule has 1 N–H and O–H groups in total. The zero-order valence-electron chi connectivity index (χ0n) is 17.6. The van der Waals surface area contributed by atoms with Crippen LogP contribution in [0.25, 0.3) is 0 Å². The molecule has 3 aliphatic rings. The topological polar surface area (TPSA) is 29.5 Å². The van der Waals surface area contributed by atoms with E-state index in [2.05, 4.69) is 0 Å². The molecule has 0 bridgehead atoms. The van der Waals surface area contributed by atoms with E-state index in [-0.39, 0.29) is 11.8 Å². The number of fused-ring (bicyclic) bond motifs is 5. The van der Waals surface area contributed by atoms with Crippen LogP contribution in [-0.2, 0) is 6.37 Å². The largest absolute Gasteiger partial charge is 0.497 e. The molecule has 0 spiro atoms. The van der Waals surface area contributed by atoms with Crippen LogP contribution in [0.2, 0.25) is 0 Å². The SMILES string of the molecule is [2H]C1C[C@]2(C)[C@@H](O)CC[C@H]2[C@H]2[C@H]1c1ccc(OC)cc1C([2H])([2H])C2([2H])[2H].